The van der Waals surface area contributed by atoms with Crippen LogP contribution in [0.3, 0.4) is 0 Å². The first kappa shape index (κ1) is 18.7. The number of ether oxygens (including phenoxy) is 1. The molecule has 5 nitrogen and oxygen atoms in total. The van der Waals surface area contributed by atoms with Crippen molar-refractivity contribution in [2.45, 2.75) is 26.3 Å². The summed E-state index contributed by atoms with van der Waals surface area (Å²) in [6.07, 6.45) is 4.10. The first-order valence-corrected chi connectivity index (χ1v) is 9.18. The molecule has 0 aliphatic heterocycles. The number of benzene rings is 2. The number of aromatic amines is 1. The molecule has 0 saturated carbocycles. The van der Waals surface area contributed by atoms with Crippen LogP contribution in [0, 0.1) is 5.92 Å². The molecule has 3 aromatic rings. The van der Waals surface area contributed by atoms with Gasteiger partial charge in [-0.05, 0) is 35.7 Å². The Kier molecular flexibility index (Phi) is 6.26. The number of hydrogen-bond donors (Lipinski definition) is 2. The second-order valence-electron chi connectivity index (χ2n) is 6.91. The van der Waals surface area contributed by atoms with Gasteiger partial charge in [0.15, 0.2) is 0 Å². The molecule has 0 aliphatic rings. The maximum Gasteiger partial charge on any atom is 0.251 e. The zero-order valence-electron chi connectivity index (χ0n) is 15.7. The molecule has 0 spiro atoms. The van der Waals surface area contributed by atoms with Crippen molar-refractivity contribution in [2.75, 3.05) is 6.61 Å². The van der Waals surface area contributed by atoms with Crippen molar-refractivity contribution in [2.24, 2.45) is 5.92 Å². The fourth-order valence-corrected chi connectivity index (χ4v) is 2.75. The average molecular weight is 363 g/mol. The van der Waals surface area contributed by atoms with Crippen LogP contribution in [0.2, 0.25) is 0 Å². The quantitative estimate of drug-likeness (QED) is 0.631. The van der Waals surface area contributed by atoms with Crippen molar-refractivity contribution < 1.29 is 9.53 Å². The SMILES string of the molecule is CC(C)COc1ccc(C(=O)NC(Cc2ncc[nH]2)c2ccccc2)cc1. The van der Waals surface area contributed by atoms with Crippen LogP contribution in [0.15, 0.2) is 67.0 Å². The molecule has 27 heavy (non-hydrogen) atoms. The van der Waals surface area contributed by atoms with Gasteiger partial charge in [0.2, 0.25) is 0 Å². The fraction of sp³-hybridized carbons (Fsp3) is 0.273. The molecule has 0 radical (unpaired) electrons. The van der Waals surface area contributed by atoms with Gasteiger partial charge in [0.05, 0.1) is 12.6 Å². The highest BCUT2D eigenvalue weighted by molar-refractivity contribution is 5.94. The van der Waals surface area contributed by atoms with Gasteiger partial charge in [-0.25, -0.2) is 4.98 Å². The Hall–Kier alpha value is -3.08. The van der Waals surface area contributed by atoms with E-state index in [1.165, 1.54) is 0 Å². The Morgan fingerprint density at radius 3 is 2.48 bits per heavy atom. The summed E-state index contributed by atoms with van der Waals surface area (Å²) in [5.41, 5.74) is 1.64. The number of imidazole rings is 1. The van der Waals surface area contributed by atoms with Crippen LogP contribution in [-0.2, 0) is 6.42 Å². The molecule has 1 atom stereocenters. The molecule has 140 valence electrons. The number of hydrogen-bond acceptors (Lipinski definition) is 3. The lowest BCUT2D eigenvalue weighted by Crippen LogP contribution is -2.30. The first-order valence-electron chi connectivity index (χ1n) is 9.18. The standard InChI is InChI=1S/C22H25N3O2/c1-16(2)15-27-19-10-8-18(9-11-19)22(26)25-20(14-21-23-12-13-24-21)17-6-4-3-5-7-17/h3-13,16,20H,14-15H2,1-2H3,(H,23,24)(H,25,26). The van der Waals surface area contributed by atoms with Crippen LogP contribution >= 0.6 is 0 Å². The van der Waals surface area contributed by atoms with Crippen molar-refractivity contribution >= 4 is 5.91 Å². The van der Waals surface area contributed by atoms with E-state index in [-0.39, 0.29) is 11.9 Å². The van der Waals surface area contributed by atoms with E-state index in [9.17, 15) is 4.79 Å². The molecule has 0 saturated heterocycles. The molecule has 3 rings (SSSR count). The van der Waals surface area contributed by atoms with Gasteiger partial charge in [-0.2, -0.15) is 0 Å². The normalized spacial score (nSPS) is 12.0. The minimum absolute atomic E-state index is 0.120. The smallest absolute Gasteiger partial charge is 0.251 e. The van der Waals surface area contributed by atoms with E-state index in [1.807, 2.05) is 42.5 Å². The molecule has 2 N–H and O–H groups in total. The van der Waals surface area contributed by atoms with E-state index in [2.05, 4.69) is 29.1 Å². The zero-order valence-corrected chi connectivity index (χ0v) is 15.7. The van der Waals surface area contributed by atoms with Crippen LogP contribution in [0.4, 0.5) is 0 Å². The molecular weight excluding hydrogens is 338 g/mol. The number of amides is 1. The van der Waals surface area contributed by atoms with Crippen LogP contribution in [0.1, 0.15) is 41.6 Å². The summed E-state index contributed by atoms with van der Waals surface area (Å²) >= 11 is 0. The minimum atomic E-state index is -0.165. The van der Waals surface area contributed by atoms with Crippen LogP contribution < -0.4 is 10.1 Å². The average Bonchev–Trinajstić information content (AvgIpc) is 3.20. The third-order valence-corrected chi connectivity index (χ3v) is 4.16. The summed E-state index contributed by atoms with van der Waals surface area (Å²) in [5.74, 6) is 1.95. The number of H-pyrrole nitrogens is 1. The lowest BCUT2D eigenvalue weighted by atomic mass is 10.0. The van der Waals surface area contributed by atoms with E-state index in [1.54, 1.807) is 24.5 Å². The van der Waals surface area contributed by atoms with Crippen LogP contribution in [-0.4, -0.2) is 22.5 Å². The number of carbonyl (C=O) groups excluding carboxylic acids is 1. The lowest BCUT2D eigenvalue weighted by molar-refractivity contribution is 0.0936. The van der Waals surface area contributed by atoms with Gasteiger partial charge in [-0.15, -0.1) is 0 Å². The number of carbonyl (C=O) groups is 1. The van der Waals surface area contributed by atoms with Crippen LogP contribution in [0.5, 0.6) is 5.75 Å². The highest BCUT2D eigenvalue weighted by Gasteiger charge is 2.17. The van der Waals surface area contributed by atoms with E-state index >= 15 is 0 Å². The molecule has 2 aromatic carbocycles. The van der Waals surface area contributed by atoms with Gasteiger partial charge in [0.1, 0.15) is 11.6 Å². The summed E-state index contributed by atoms with van der Waals surface area (Å²) < 4.78 is 5.68. The molecule has 0 bridgehead atoms. The predicted octanol–water partition coefficient (Wildman–Crippen LogP) is 4.16. The topological polar surface area (TPSA) is 67.0 Å². The Balaban J connectivity index is 1.70. The van der Waals surface area contributed by atoms with Crippen molar-refractivity contribution in [1.82, 2.24) is 15.3 Å². The van der Waals surface area contributed by atoms with Gasteiger partial charge in [-0.1, -0.05) is 44.2 Å². The Labute approximate surface area is 159 Å². The molecular formula is C22H25N3O2. The Morgan fingerprint density at radius 2 is 1.85 bits per heavy atom. The Morgan fingerprint density at radius 1 is 1.11 bits per heavy atom. The number of rotatable bonds is 8. The van der Waals surface area contributed by atoms with Gasteiger partial charge in [0, 0.05) is 24.4 Å². The third-order valence-electron chi connectivity index (χ3n) is 4.16. The summed E-state index contributed by atoms with van der Waals surface area (Å²) in [6, 6.07) is 17.0. The number of nitrogens with zero attached hydrogens (tertiary/aromatic N) is 1. The monoisotopic (exact) mass is 363 g/mol. The maximum atomic E-state index is 12.8. The first-order chi connectivity index (χ1) is 13.1. The van der Waals surface area contributed by atoms with E-state index in [4.69, 9.17) is 4.74 Å². The second-order valence-corrected chi connectivity index (χ2v) is 6.91. The molecule has 5 heteroatoms. The maximum absolute atomic E-state index is 12.8. The third kappa shape index (κ3) is 5.45. The second kappa shape index (κ2) is 9.03. The largest absolute Gasteiger partial charge is 0.493 e. The highest BCUT2D eigenvalue weighted by atomic mass is 16.5. The summed E-state index contributed by atoms with van der Waals surface area (Å²) in [7, 11) is 0. The molecule has 1 aromatic heterocycles. The van der Waals surface area contributed by atoms with Crippen molar-refractivity contribution in [3.8, 4) is 5.75 Å². The van der Waals surface area contributed by atoms with Crippen molar-refractivity contribution in [3.05, 3.63) is 83.9 Å². The molecule has 0 fully saturated rings. The zero-order chi connectivity index (χ0) is 19.1. The fourth-order valence-electron chi connectivity index (χ4n) is 2.75. The molecule has 1 unspecified atom stereocenters. The van der Waals surface area contributed by atoms with Gasteiger partial charge in [0.25, 0.3) is 5.91 Å². The summed E-state index contributed by atoms with van der Waals surface area (Å²) in [4.78, 5) is 20.1. The highest BCUT2D eigenvalue weighted by Crippen LogP contribution is 2.19. The minimum Gasteiger partial charge on any atom is -0.493 e. The predicted molar refractivity (Wildman–Crippen MR) is 106 cm³/mol. The van der Waals surface area contributed by atoms with E-state index in [0.29, 0.717) is 24.5 Å². The van der Waals surface area contributed by atoms with Gasteiger partial charge in [-0.3, -0.25) is 4.79 Å². The molecule has 0 aliphatic carbocycles. The Bertz CT molecular complexity index is 828. The van der Waals surface area contributed by atoms with Crippen molar-refractivity contribution in [1.29, 1.82) is 0 Å². The van der Waals surface area contributed by atoms with Gasteiger partial charge >= 0.3 is 0 Å². The number of aromatic nitrogens is 2. The van der Waals surface area contributed by atoms with Crippen LogP contribution in [0.25, 0.3) is 0 Å². The summed E-state index contributed by atoms with van der Waals surface area (Å²) in [6.45, 7) is 4.86. The van der Waals surface area contributed by atoms with Crippen molar-refractivity contribution in [3.63, 3.8) is 0 Å². The van der Waals surface area contributed by atoms with Gasteiger partial charge < -0.3 is 15.0 Å². The molecule has 1 amide bonds. The lowest BCUT2D eigenvalue weighted by Gasteiger charge is -2.18. The summed E-state index contributed by atoms with van der Waals surface area (Å²) in [5, 5.41) is 3.12. The van der Waals surface area contributed by atoms with E-state index in [0.717, 1.165) is 17.1 Å². The van der Waals surface area contributed by atoms with E-state index < -0.39 is 0 Å². The number of nitrogens with one attached hydrogen (secondary N) is 2. The molecule has 1 heterocycles.